The monoisotopic (exact) mass is 326 g/mol. The number of hydrogen-bond acceptors (Lipinski definition) is 5. The molecule has 1 aliphatic carbocycles. The van der Waals surface area contributed by atoms with Crippen molar-refractivity contribution < 1.29 is 9.59 Å². The molecule has 1 amide bonds. The minimum absolute atomic E-state index is 0.0154. The van der Waals surface area contributed by atoms with E-state index in [1.54, 1.807) is 31.1 Å². The van der Waals surface area contributed by atoms with Crippen molar-refractivity contribution in [1.29, 1.82) is 5.26 Å². The molecule has 1 aromatic rings. The lowest BCUT2D eigenvalue weighted by Gasteiger charge is -2.45. The second kappa shape index (κ2) is 5.07. The molecule has 0 fully saturated rings. The molecule has 2 aliphatic rings. The Morgan fingerprint density at radius 3 is 2.57 bits per heavy atom. The molecule has 1 aromatic heterocycles. The Morgan fingerprint density at radius 1 is 1.30 bits per heavy atom. The van der Waals surface area contributed by atoms with E-state index in [9.17, 15) is 14.9 Å². The van der Waals surface area contributed by atoms with Crippen LogP contribution in [-0.4, -0.2) is 33.4 Å². The number of hydrogen-bond donors (Lipinski definition) is 0. The van der Waals surface area contributed by atoms with Gasteiger partial charge in [-0.1, -0.05) is 6.08 Å². The summed E-state index contributed by atoms with van der Waals surface area (Å²) in [6.45, 7) is 3.84. The lowest BCUT2D eigenvalue weighted by Crippen LogP contribution is -2.55. The molecule has 0 N–H and O–H groups in total. The number of aromatic nitrogens is 2. The first kappa shape index (κ1) is 15.5. The Hall–Kier alpha value is -2.38. The fourth-order valence-electron chi connectivity index (χ4n) is 3.17. The van der Waals surface area contributed by atoms with Crippen LogP contribution in [0.15, 0.2) is 42.0 Å². The normalized spacial score (nSPS) is 26.1. The van der Waals surface area contributed by atoms with Crippen LogP contribution in [0.4, 0.5) is 5.69 Å². The highest BCUT2D eigenvalue weighted by atomic mass is 31.0. The summed E-state index contributed by atoms with van der Waals surface area (Å²) in [5.41, 5.74) is 0.409. The van der Waals surface area contributed by atoms with Crippen molar-refractivity contribution in [1.82, 2.24) is 9.97 Å². The minimum Gasteiger partial charge on any atom is -0.304 e. The summed E-state index contributed by atoms with van der Waals surface area (Å²) in [5, 5.41) is 8.15. The van der Waals surface area contributed by atoms with Crippen LogP contribution in [0.3, 0.4) is 0 Å². The molecule has 116 valence electrons. The van der Waals surface area contributed by atoms with Crippen molar-refractivity contribution in [3.63, 3.8) is 0 Å². The number of nitriles is 1. The van der Waals surface area contributed by atoms with Crippen molar-refractivity contribution >= 4 is 26.6 Å². The highest BCUT2D eigenvalue weighted by molar-refractivity contribution is 7.22. The Balaban J connectivity index is 2.17. The summed E-state index contributed by atoms with van der Waals surface area (Å²) in [7, 11) is 2.52. The van der Waals surface area contributed by atoms with Gasteiger partial charge in [-0.2, -0.15) is 5.26 Å². The molecule has 0 aromatic carbocycles. The molecule has 23 heavy (non-hydrogen) atoms. The van der Waals surface area contributed by atoms with Crippen molar-refractivity contribution in [2.75, 3.05) is 11.4 Å². The van der Waals surface area contributed by atoms with E-state index in [0.717, 1.165) is 0 Å². The molecule has 2 atom stereocenters. The number of nitrogens with zero attached hydrogens (tertiary/aromatic N) is 4. The average Bonchev–Trinajstić information content (AvgIpc) is 2.54. The summed E-state index contributed by atoms with van der Waals surface area (Å²) in [6, 6.07) is 1.92. The molecule has 1 aliphatic heterocycles. The number of fused-ring (bicyclic) bond motifs is 1. The highest BCUT2D eigenvalue weighted by Gasteiger charge is 2.53. The van der Waals surface area contributed by atoms with Gasteiger partial charge in [0.05, 0.1) is 29.1 Å². The number of rotatable bonds is 1. The van der Waals surface area contributed by atoms with Crippen LogP contribution in [0, 0.1) is 16.7 Å². The van der Waals surface area contributed by atoms with Gasteiger partial charge >= 0.3 is 0 Å². The van der Waals surface area contributed by atoms with E-state index in [1.165, 1.54) is 12.4 Å². The van der Waals surface area contributed by atoms with Crippen LogP contribution in [0.25, 0.3) is 0 Å². The quantitative estimate of drug-likeness (QED) is 0.575. The van der Waals surface area contributed by atoms with Crippen LogP contribution < -0.4 is 4.90 Å². The zero-order valence-electron chi connectivity index (χ0n) is 12.8. The van der Waals surface area contributed by atoms with Gasteiger partial charge in [-0.3, -0.25) is 9.59 Å². The molecule has 0 radical (unpaired) electrons. The molecule has 0 saturated heterocycles. The van der Waals surface area contributed by atoms with Gasteiger partial charge in [-0.25, -0.2) is 9.97 Å². The van der Waals surface area contributed by atoms with Gasteiger partial charge < -0.3 is 4.90 Å². The summed E-state index contributed by atoms with van der Waals surface area (Å²) >= 11 is 0. The zero-order valence-corrected chi connectivity index (χ0v) is 13.9. The molecular formula is C16H15N4O2P. The molecule has 0 spiro atoms. The highest BCUT2D eigenvalue weighted by Crippen LogP contribution is 2.50. The van der Waals surface area contributed by atoms with Crippen molar-refractivity contribution in [3.05, 3.63) is 42.0 Å². The standard InChI is InChI=1S/C16H15N4O2P/c1-15(2)12-3-4-20(11-7-18-9-19-8-11)14(22)16(12,23)5-10(6-17)13(15)21/h3,5,7-9H,4,23H2,1-2H3/t16-/m0/s1. The molecular weight excluding hydrogens is 311 g/mol. The minimum atomic E-state index is -1.10. The number of carbonyl (C=O) groups excluding carboxylic acids is 2. The third kappa shape index (κ3) is 2.12. The van der Waals surface area contributed by atoms with Gasteiger partial charge in [0.25, 0.3) is 0 Å². The smallest absolute Gasteiger partial charge is 0.245 e. The largest absolute Gasteiger partial charge is 0.304 e. The predicted octanol–water partition coefficient (Wildman–Crippen LogP) is 1.42. The number of allylic oxidation sites excluding steroid dienone is 1. The number of anilines is 1. The second-order valence-electron chi connectivity index (χ2n) is 6.12. The first-order valence-electron chi connectivity index (χ1n) is 7.07. The molecule has 0 saturated carbocycles. The van der Waals surface area contributed by atoms with Gasteiger partial charge in [0.2, 0.25) is 5.91 Å². The lowest BCUT2D eigenvalue weighted by molar-refractivity contribution is -0.123. The van der Waals surface area contributed by atoms with E-state index < -0.39 is 10.6 Å². The van der Waals surface area contributed by atoms with Crippen LogP contribution in [-0.2, 0) is 9.59 Å². The molecule has 0 bridgehead atoms. The van der Waals surface area contributed by atoms with E-state index in [4.69, 9.17) is 0 Å². The van der Waals surface area contributed by atoms with Crippen molar-refractivity contribution in [2.45, 2.75) is 19.0 Å². The second-order valence-corrected chi connectivity index (χ2v) is 7.03. The Labute approximate surface area is 136 Å². The lowest BCUT2D eigenvalue weighted by atomic mass is 9.66. The summed E-state index contributed by atoms with van der Waals surface area (Å²) in [4.78, 5) is 35.0. The summed E-state index contributed by atoms with van der Waals surface area (Å²) < 4.78 is 0. The Kier molecular flexibility index (Phi) is 3.42. The van der Waals surface area contributed by atoms with Gasteiger partial charge in [0.15, 0.2) is 5.78 Å². The topological polar surface area (TPSA) is 87.0 Å². The molecule has 6 nitrogen and oxygen atoms in total. The summed E-state index contributed by atoms with van der Waals surface area (Å²) in [6.07, 6.45) is 7.85. The van der Waals surface area contributed by atoms with Crippen LogP contribution in [0.2, 0.25) is 0 Å². The average molecular weight is 326 g/mol. The Morgan fingerprint density at radius 2 is 1.96 bits per heavy atom. The van der Waals surface area contributed by atoms with Gasteiger partial charge in [-0.05, 0) is 25.5 Å². The SMILES string of the molecule is CC1(C)C(=O)C(C#N)=C[C@@]2(P)C(=O)N(c3cncnc3)CC=C12. The third-order valence-corrected chi connectivity index (χ3v) is 5.08. The Bertz CT molecular complexity index is 807. The molecule has 1 unspecified atom stereocenters. The van der Waals surface area contributed by atoms with Crippen LogP contribution in [0.5, 0.6) is 0 Å². The van der Waals surface area contributed by atoms with Gasteiger partial charge in [0.1, 0.15) is 17.6 Å². The number of carbonyl (C=O) groups is 2. The molecule has 3 rings (SSSR count). The van der Waals surface area contributed by atoms with E-state index >= 15 is 0 Å². The molecule has 2 heterocycles. The molecule has 7 heteroatoms. The van der Waals surface area contributed by atoms with Crippen molar-refractivity contribution in [3.8, 4) is 6.07 Å². The maximum Gasteiger partial charge on any atom is 0.245 e. The van der Waals surface area contributed by atoms with Gasteiger partial charge in [-0.15, -0.1) is 9.24 Å². The van der Waals surface area contributed by atoms with E-state index in [1.807, 2.05) is 12.1 Å². The summed E-state index contributed by atoms with van der Waals surface area (Å²) in [5.74, 6) is -0.475. The van der Waals surface area contributed by atoms with Crippen molar-refractivity contribution in [2.24, 2.45) is 5.41 Å². The fourth-order valence-corrected chi connectivity index (χ4v) is 3.97. The fraction of sp³-hybridized carbons (Fsp3) is 0.312. The zero-order chi connectivity index (χ0) is 16.8. The first-order valence-corrected chi connectivity index (χ1v) is 7.65. The van der Waals surface area contributed by atoms with E-state index in [0.29, 0.717) is 17.8 Å². The van der Waals surface area contributed by atoms with E-state index in [2.05, 4.69) is 19.2 Å². The predicted molar refractivity (Wildman–Crippen MR) is 87.4 cm³/mol. The van der Waals surface area contributed by atoms with Crippen LogP contribution >= 0.6 is 9.24 Å². The van der Waals surface area contributed by atoms with E-state index in [-0.39, 0.29) is 17.3 Å². The number of amides is 1. The first-order chi connectivity index (χ1) is 10.8. The number of Topliss-reactive ketones (excluding diaryl/α,β-unsaturated/α-hetero) is 1. The maximum absolute atomic E-state index is 13.1. The van der Waals surface area contributed by atoms with Crippen LogP contribution in [0.1, 0.15) is 13.8 Å². The maximum atomic E-state index is 13.1. The third-order valence-electron chi connectivity index (χ3n) is 4.36. The number of ketones is 1. The van der Waals surface area contributed by atoms with Gasteiger partial charge in [0, 0.05) is 6.54 Å².